The van der Waals surface area contributed by atoms with E-state index < -0.39 is 0 Å². The Hall–Kier alpha value is -2.20. The maximum atomic E-state index is 9.53. The molecule has 3 N–H and O–H groups in total. The summed E-state index contributed by atoms with van der Waals surface area (Å²) in [5, 5.41) is 9.53. The van der Waals surface area contributed by atoms with Crippen LogP contribution in [0.3, 0.4) is 0 Å². The third kappa shape index (κ3) is 3.39. The van der Waals surface area contributed by atoms with E-state index in [1.807, 2.05) is 30.3 Å². The first kappa shape index (κ1) is 13.2. The van der Waals surface area contributed by atoms with Crippen molar-refractivity contribution < 1.29 is 14.6 Å². The molecule has 0 spiro atoms. The van der Waals surface area contributed by atoms with Gasteiger partial charge in [-0.2, -0.15) is 0 Å². The van der Waals surface area contributed by atoms with E-state index in [1.54, 1.807) is 18.2 Å². The first-order valence-corrected chi connectivity index (χ1v) is 6.01. The summed E-state index contributed by atoms with van der Waals surface area (Å²) in [5.41, 5.74) is 6.91. The lowest BCUT2D eigenvalue weighted by atomic mass is 10.1. The zero-order chi connectivity index (χ0) is 13.7. The van der Waals surface area contributed by atoms with Gasteiger partial charge in [-0.05, 0) is 29.8 Å². The van der Waals surface area contributed by atoms with Crippen LogP contribution in [-0.2, 0) is 0 Å². The van der Waals surface area contributed by atoms with Gasteiger partial charge in [0.25, 0.3) is 0 Å². The Kier molecular flexibility index (Phi) is 4.26. The van der Waals surface area contributed by atoms with Gasteiger partial charge in [-0.25, -0.2) is 0 Å². The normalized spacial score (nSPS) is 11.9. The van der Waals surface area contributed by atoms with Gasteiger partial charge in [-0.1, -0.05) is 24.3 Å². The number of aromatic hydroxyl groups is 1. The molecule has 19 heavy (non-hydrogen) atoms. The van der Waals surface area contributed by atoms with Crippen LogP contribution in [0.1, 0.15) is 11.6 Å². The summed E-state index contributed by atoms with van der Waals surface area (Å²) in [6, 6.07) is 14.3. The van der Waals surface area contributed by atoms with Gasteiger partial charge in [-0.15, -0.1) is 0 Å². The van der Waals surface area contributed by atoms with E-state index in [2.05, 4.69) is 0 Å². The van der Waals surface area contributed by atoms with E-state index in [9.17, 15) is 5.11 Å². The molecule has 0 aliphatic carbocycles. The van der Waals surface area contributed by atoms with Gasteiger partial charge in [0.15, 0.2) is 11.5 Å². The molecular weight excluding hydrogens is 242 g/mol. The maximum absolute atomic E-state index is 9.53. The van der Waals surface area contributed by atoms with Crippen molar-refractivity contribution in [3.05, 3.63) is 54.1 Å². The molecule has 0 aliphatic rings. The third-order valence-electron chi connectivity index (χ3n) is 2.80. The van der Waals surface area contributed by atoms with Crippen LogP contribution < -0.4 is 15.2 Å². The van der Waals surface area contributed by atoms with E-state index >= 15 is 0 Å². The van der Waals surface area contributed by atoms with Crippen molar-refractivity contribution in [2.24, 2.45) is 5.73 Å². The van der Waals surface area contributed by atoms with E-state index in [0.29, 0.717) is 12.4 Å². The van der Waals surface area contributed by atoms with Gasteiger partial charge in [0, 0.05) is 0 Å². The quantitative estimate of drug-likeness (QED) is 0.865. The summed E-state index contributed by atoms with van der Waals surface area (Å²) in [6.45, 7) is 0.359. The number of methoxy groups -OCH3 is 1. The number of nitrogens with two attached hydrogens (primary N) is 1. The third-order valence-corrected chi connectivity index (χ3v) is 2.80. The number of hydrogen-bond acceptors (Lipinski definition) is 4. The largest absolute Gasteiger partial charge is 0.504 e. The molecule has 0 saturated carbocycles. The summed E-state index contributed by atoms with van der Waals surface area (Å²) in [6.07, 6.45) is 0. The van der Waals surface area contributed by atoms with Crippen molar-refractivity contribution >= 4 is 0 Å². The van der Waals surface area contributed by atoms with Gasteiger partial charge >= 0.3 is 0 Å². The Bertz CT molecular complexity index is 528. The number of rotatable bonds is 5. The zero-order valence-electron chi connectivity index (χ0n) is 10.7. The molecule has 2 aromatic carbocycles. The molecule has 0 aliphatic heterocycles. The van der Waals surface area contributed by atoms with Crippen molar-refractivity contribution in [1.82, 2.24) is 0 Å². The van der Waals surface area contributed by atoms with Gasteiger partial charge in [0.05, 0.1) is 13.2 Å². The average molecular weight is 259 g/mol. The Morgan fingerprint density at radius 3 is 2.58 bits per heavy atom. The Labute approximate surface area is 112 Å². The van der Waals surface area contributed by atoms with Gasteiger partial charge < -0.3 is 20.3 Å². The number of phenols is 1. The standard InChI is InChI=1S/C15H17NO3/c1-18-15-9-11(7-8-14(15)17)13(16)10-19-12-5-3-2-4-6-12/h2-9,13,17H,10,16H2,1H3. The second-order valence-electron chi connectivity index (χ2n) is 4.16. The number of phenolic OH excluding ortho intramolecular Hbond substituents is 1. The minimum absolute atomic E-state index is 0.0995. The second kappa shape index (κ2) is 6.11. The monoisotopic (exact) mass is 259 g/mol. The molecular formula is C15H17NO3. The molecule has 2 aromatic rings. The van der Waals surface area contributed by atoms with Crippen molar-refractivity contribution in [3.63, 3.8) is 0 Å². The van der Waals surface area contributed by atoms with Crippen LogP contribution >= 0.6 is 0 Å². The highest BCUT2D eigenvalue weighted by atomic mass is 16.5. The Morgan fingerprint density at radius 1 is 1.16 bits per heavy atom. The summed E-state index contributed by atoms with van der Waals surface area (Å²) in [4.78, 5) is 0. The molecule has 0 amide bonds. The lowest BCUT2D eigenvalue weighted by molar-refractivity contribution is 0.290. The summed E-state index contributed by atoms with van der Waals surface area (Å²) < 4.78 is 10.6. The minimum Gasteiger partial charge on any atom is -0.504 e. The molecule has 1 atom stereocenters. The molecule has 0 bridgehead atoms. The van der Waals surface area contributed by atoms with Crippen molar-refractivity contribution in [3.8, 4) is 17.2 Å². The predicted octanol–water partition coefficient (Wildman–Crippen LogP) is 2.48. The molecule has 0 fully saturated rings. The molecule has 0 radical (unpaired) electrons. The maximum Gasteiger partial charge on any atom is 0.160 e. The van der Waals surface area contributed by atoms with E-state index in [1.165, 1.54) is 7.11 Å². The summed E-state index contributed by atoms with van der Waals surface area (Å²) >= 11 is 0. The van der Waals surface area contributed by atoms with E-state index in [4.69, 9.17) is 15.2 Å². The summed E-state index contributed by atoms with van der Waals surface area (Å²) in [7, 11) is 1.50. The lowest BCUT2D eigenvalue weighted by Crippen LogP contribution is -2.19. The molecule has 1 unspecified atom stereocenters. The fraction of sp³-hybridized carbons (Fsp3) is 0.200. The molecule has 4 heteroatoms. The first-order chi connectivity index (χ1) is 9.20. The Morgan fingerprint density at radius 2 is 1.89 bits per heavy atom. The number of hydrogen-bond donors (Lipinski definition) is 2. The number of para-hydroxylation sites is 1. The van der Waals surface area contributed by atoms with Crippen LogP contribution in [0.25, 0.3) is 0 Å². The topological polar surface area (TPSA) is 64.7 Å². The highest BCUT2D eigenvalue weighted by molar-refractivity contribution is 5.42. The number of benzene rings is 2. The van der Waals surface area contributed by atoms with Crippen molar-refractivity contribution in [2.45, 2.75) is 6.04 Å². The van der Waals surface area contributed by atoms with Crippen LogP contribution in [0.5, 0.6) is 17.2 Å². The fourth-order valence-corrected chi connectivity index (χ4v) is 1.72. The molecule has 100 valence electrons. The van der Waals surface area contributed by atoms with Crippen molar-refractivity contribution in [2.75, 3.05) is 13.7 Å². The first-order valence-electron chi connectivity index (χ1n) is 6.01. The zero-order valence-corrected chi connectivity index (χ0v) is 10.7. The summed E-state index contributed by atoms with van der Waals surface area (Å²) in [5.74, 6) is 1.29. The van der Waals surface area contributed by atoms with Gasteiger partial charge in [0.2, 0.25) is 0 Å². The highest BCUT2D eigenvalue weighted by Gasteiger charge is 2.10. The second-order valence-corrected chi connectivity index (χ2v) is 4.16. The Balaban J connectivity index is 2.02. The number of ether oxygens (including phenoxy) is 2. The van der Waals surface area contributed by atoms with E-state index in [-0.39, 0.29) is 11.8 Å². The van der Waals surface area contributed by atoms with Gasteiger partial charge in [-0.3, -0.25) is 0 Å². The lowest BCUT2D eigenvalue weighted by Gasteiger charge is -2.15. The van der Waals surface area contributed by atoms with Crippen molar-refractivity contribution in [1.29, 1.82) is 0 Å². The molecule has 0 heterocycles. The smallest absolute Gasteiger partial charge is 0.160 e. The molecule has 4 nitrogen and oxygen atoms in total. The van der Waals surface area contributed by atoms with Crippen LogP contribution in [0.4, 0.5) is 0 Å². The average Bonchev–Trinajstić information content (AvgIpc) is 2.46. The highest BCUT2D eigenvalue weighted by Crippen LogP contribution is 2.28. The van der Waals surface area contributed by atoms with Crippen LogP contribution in [0.15, 0.2) is 48.5 Å². The van der Waals surface area contributed by atoms with Crippen LogP contribution in [-0.4, -0.2) is 18.8 Å². The fourth-order valence-electron chi connectivity index (χ4n) is 1.72. The molecule has 2 rings (SSSR count). The van der Waals surface area contributed by atoms with Crippen LogP contribution in [0, 0.1) is 0 Å². The van der Waals surface area contributed by atoms with Crippen LogP contribution in [0.2, 0.25) is 0 Å². The predicted molar refractivity (Wildman–Crippen MR) is 73.5 cm³/mol. The van der Waals surface area contributed by atoms with Gasteiger partial charge in [0.1, 0.15) is 12.4 Å². The molecule has 0 saturated heterocycles. The minimum atomic E-state index is -0.283. The SMILES string of the molecule is COc1cc(C(N)COc2ccccc2)ccc1O. The molecule has 0 aromatic heterocycles. The van der Waals surface area contributed by atoms with E-state index in [0.717, 1.165) is 11.3 Å².